The first-order chi connectivity index (χ1) is 8.13. The van der Waals surface area contributed by atoms with Crippen molar-refractivity contribution in [1.82, 2.24) is 5.32 Å². The maximum Gasteiger partial charge on any atom is 0.251 e. The summed E-state index contributed by atoms with van der Waals surface area (Å²) in [6, 6.07) is 7.20. The lowest BCUT2D eigenvalue weighted by molar-refractivity contribution is 0.0955. The molecule has 0 saturated carbocycles. The second-order valence-electron chi connectivity index (χ2n) is 3.69. The van der Waals surface area contributed by atoms with Crippen LogP contribution in [0.15, 0.2) is 30.3 Å². The molecule has 2 aromatic rings. The van der Waals surface area contributed by atoms with Crippen molar-refractivity contribution in [3.8, 4) is 5.75 Å². The molecule has 0 bridgehead atoms. The van der Waals surface area contributed by atoms with Gasteiger partial charge in [0, 0.05) is 22.9 Å². The maximum absolute atomic E-state index is 13.6. The highest BCUT2D eigenvalue weighted by Crippen LogP contribution is 2.28. The Hall–Kier alpha value is -2.10. The molecule has 0 fully saturated rings. The second kappa shape index (κ2) is 4.41. The first-order valence-electron chi connectivity index (χ1n) is 5.33. The van der Waals surface area contributed by atoms with Crippen molar-refractivity contribution in [2.75, 3.05) is 6.54 Å². The molecular formula is C13H12FNO2. The molecule has 4 heteroatoms. The van der Waals surface area contributed by atoms with Crippen LogP contribution in [0.5, 0.6) is 5.75 Å². The standard InChI is InChI=1S/C13H12FNO2/c1-2-15-13(17)8-6-10-9(12(16)7-8)4-3-5-11(10)14/h3-7,16H,2H2,1H3,(H,15,17). The Labute approximate surface area is 97.9 Å². The number of hydrogen-bond acceptors (Lipinski definition) is 2. The SMILES string of the molecule is CCNC(=O)c1cc(O)c2cccc(F)c2c1. The Morgan fingerprint density at radius 3 is 2.82 bits per heavy atom. The van der Waals surface area contributed by atoms with Crippen LogP contribution >= 0.6 is 0 Å². The largest absolute Gasteiger partial charge is 0.507 e. The zero-order chi connectivity index (χ0) is 12.4. The smallest absolute Gasteiger partial charge is 0.251 e. The number of aromatic hydroxyl groups is 1. The van der Waals surface area contributed by atoms with E-state index in [4.69, 9.17) is 0 Å². The highest BCUT2D eigenvalue weighted by molar-refractivity contribution is 6.00. The zero-order valence-electron chi connectivity index (χ0n) is 9.33. The highest BCUT2D eigenvalue weighted by Gasteiger charge is 2.11. The van der Waals surface area contributed by atoms with Gasteiger partial charge in [0.25, 0.3) is 5.91 Å². The lowest BCUT2D eigenvalue weighted by Gasteiger charge is -2.07. The summed E-state index contributed by atoms with van der Waals surface area (Å²) in [5, 5.41) is 13.0. The van der Waals surface area contributed by atoms with Crippen LogP contribution in [0.3, 0.4) is 0 Å². The summed E-state index contributed by atoms with van der Waals surface area (Å²) in [5.74, 6) is -0.875. The predicted molar refractivity (Wildman–Crippen MR) is 63.6 cm³/mol. The molecule has 3 nitrogen and oxygen atoms in total. The summed E-state index contributed by atoms with van der Waals surface area (Å²) in [4.78, 5) is 11.6. The average Bonchev–Trinajstić information content (AvgIpc) is 2.30. The van der Waals surface area contributed by atoms with Crippen LogP contribution in [0.25, 0.3) is 10.8 Å². The Balaban J connectivity index is 2.62. The molecule has 0 aromatic heterocycles. The molecule has 2 aromatic carbocycles. The minimum absolute atomic E-state index is 0.0942. The van der Waals surface area contributed by atoms with E-state index in [0.717, 1.165) is 0 Å². The molecule has 0 radical (unpaired) electrons. The number of amides is 1. The van der Waals surface area contributed by atoms with Crippen molar-refractivity contribution in [3.63, 3.8) is 0 Å². The number of phenolic OH excluding ortho intramolecular Hbond substituents is 1. The second-order valence-corrected chi connectivity index (χ2v) is 3.69. The van der Waals surface area contributed by atoms with Gasteiger partial charge in [-0.15, -0.1) is 0 Å². The van der Waals surface area contributed by atoms with Crippen LogP contribution in [-0.2, 0) is 0 Å². The van der Waals surface area contributed by atoms with E-state index < -0.39 is 5.82 Å². The van der Waals surface area contributed by atoms with E-state index in [9.17, 15) is 14.3 Å². The van der Waals surface area contributed by atoms with E-state index in [1.807, 2.05) is 0 Å². The van der Waals surface area contributed by atoms with Gasteiger partial charge in [-0.1, -0.05) is 12.1 Å². The van der Waals surface area contributed by atoms with Gasteiger partial charge in [0.05, 0.1) is 0 Å². The third-order valence-electron chi connectivity index (χ3n) is 2.52. The van der Waals surface area contributed by atoms with E-state index in [0.29, 0.717) is 11.9 Å². The van der Waals surface area contributed by atoms with Gasteiger partial charge in [-0.25, -0.2) is 4.39 Å². The van der Waals surface area contributed by atoms with Crippen LogP contribution in [0, 0.1) is 5.82 Å². The first kappa shape index (κ1) is 11.4. The van der Waals surface area contributed by atoms with E-state index in [1.165, 1.54) is 24.3 Å². The topological polar surface area (TPSA) is 49.3 Å². The Kier molecular flexibility index (Phi) is 2.95. The number of fused-ring (bicyclic) bond motifs is 1. The van der Waals surface area contributed by atoms with E-state index in [1.54, 1.807) is 13.0 Å². The summed E-state index contributed by atoms with van der Waals surface area (Å²) >= 11 is 0. The molecule has 0 heterocycles. The van der Waals surface area contributed by atoms with Gasteiger partial charge in [-0.3, -0.25) is 4.79 Å². The van der Waals surface area contributed by atoms with Gasteiger partial charge in [0.15, 0.2) is 0 Å². The number of carbonyl (C=O) groups is 1. The lowest BCUT2D eigenvalue weighted by atomic mass is 10.0. The molecular weight excluding hydrogens is 221 g/mol. The highest BCUT2D eigenvalue weighted by atomic mass is 19.1. The van der Waals surface area contributed by atoms with Crippen molar-refractivity contribution in [2.24, 2.45) is 0 Å². The molecule has 0 aliphatic carbocycles. The molecule has 0 atom stereocenters. The predicted octanol–water partition coefficient (Wildman–Crippen LogP) is 2.43. The Morgan fingerprint density at radius 2 is 2.12 bits per heavy atom. The van der Waals surface area contributed by atoms with Crippen molar-refractivity contribution in [3.05, 3.63) is 41.7 Å². The van der Waals surface area contributed by atoms with E-state index >= 15 is 0 Å². The van der Waals surface area contributed by atoms with Crippen LogP contribution in [-0.4, -0.2) is 17.6 Å². The lowest BCUT2D eigenvalue weighted by Crippen LogP contribution is -2.22. The fourth-order valence-corrected chi connectivity index (χ4v) is 1.72. The van der Waals surface area contributed by atoms with Crippen LogP contribution in [0.1, 0.15) is 17.3 Å². The van der Waals surface area contributed by atoms with Gasteiger partial charge in [-0.05, 0) is 25.1 Å². The molecule has 88 valence electrons. The fourth-order valence-electron chi connectivity index (χ4n) is 1.72. The Morgan fingerprint density at radius 1 is 1.35 bits per heavy atom. The molecule has 0 unspecified atom stereocenters. The van der Waals surface area contributed by atoms with Gasteiger partial charge in [0.1, 0.15) is 11.6 Å². The third kappa shape index (κ3) is 2.06. The molecule has 0 aliphatic heterocycles. The van der Waals surface area contributed by atoms with Gasteiger partial charge >= 0.3 is 0 Å². The molecule has 0 aliphatic rings. The van der Waals surface area contributed by atoms with Gasteiger partial charge in [0.2, 0.25) is 0 Å². The summed E-state index contributed by atoms with van der Waals surface area (Å²) in [6.45, 7) is 2.27. The molecule has 0 saturated heterocycles. The number of carbonyl (C=O) groups excluding carboxylic acids is 1. The number of hydrogen-bond donors (Lipinski definition) is 2. The fraction of sp³-hybridized carbons (Fsp3) is 0.154. The molecule has 2 N–H and O–H groups in total. The number of nitrogens with one attached hydrogen (secondary N) is 1. The zero-order valence-corrected chi connectivity index (χ0v) is 9.33. The van der Waals surface area contributed by atoms with Crippen LogP contribution in [0.4, 0.5) is 4.39 Å². The number of benzene rings is 2. The molecule has 0 spiro atoms. The van der Waals surface area contributed by atoms with Crippen LogP contribution in [0.2, 0.25) is 0 Å². The van der Waals surface area contributed by atoms with Crippen molar-refractivity contribution in [2.45, 2.75) is 6.92 Å². The van der Waals surface area contributed by atoms with Gasteiger partial charge in [-0.2, -0.15) is 0 Å². The third-order valence-corrected chi connectivity index (χ3v) is 2.52. The molecule has 17 heavy (non-hydrogen) atoms. The van der Waals surface area contributed by atoms with E-state index in [-0.39, 0.29) is 22.6 Å². The van der Waals surface area contributed by atoms with Crippen molar-refractivity contribution in [1.29, 1.82) is 0 Å². The quantitative estimate of drug-likeness (QED) is 0.837. The van der Waals surface area contributed by atoms with Crippen LogP contribution < -0.4 is 5.32 Å². The van der Waals surface area contributed by atoms with Crippen molar-refractivity contribution >= 4 is 16.7 Å². The van der Waals surface area contributed by atoms with Crippen molar-refractivity contribution < 1.29 is 14.3 Å². The summed E-state index contributed by atoms with van der Waals surface area (Å²) < 4.78 is 13.6. The Bertz CT molecular complexity index is 581. The minimum atomic E-state index is -0.455. The normalized spacial score (nSPS) is 10.5. The monoisotopic (exact) mass is 233 g/mol. The average molecular weight is 233 g/mol. The molecule has 2 rings (SSSR count). The molecule has 1 amide bonds. The van der Waals surface area contributed by atoms with Gasteiger partial charge < -0.3 is 10.4 Å². The number of rotatable bonds is 2. The summed E-state index contributed by atoms with van der Waals surface area (Å²) in [5.41, 5.74) is 0.252. The summed E-state index contributed by atoms with van der Waals surface area (Å²) in [7, 11) is 0. The first-order valence-corrected chi connectivity index (χ1v) is 5.33. The number of halogens is 1. The van der Waals surface area contributed by atoms with E-state index in [2.05, 4.69) is 5.32 Å². The maximum atomic E-state index is 13.6. The minimum Gasteiger partial charge on any atom is -0.507 e. The summed E-state index contributed by atoms with van der Waals surface area (Å²) in [6.07, 6.45) is 0. The number of phenols is 1.